The number of pyridine rings is 1. The maximum atomic E-state index is 12.9. The summed E-state index contributed by atoms with van der Waals surface area (Å²) in [5.74, 6) is -0.0757. The third kappa shape index (κ3) is 5.34. The van der Waals surface area contributed by atoms with Crippen molar-refractivity contribution < 1.29 is 4.79 Å². The van der Waals surface area contributed by atoms with Crippen LogP contribution in [0.3, 0.4) is 0 Å². The standard InChI is InChI=1S/C28H25Cl2N5OS/c1-18-7-2-3-8-21(18)32-25(36)13-16-35-27(26(33-28(35)37)22-9-4-5-14-31-22)24-10-6-15-34(24)23-12-11-19(29)17-20(23)30/h2-12,14-15,17,26-27H,13,16H2,1H3,(H,32,36)(H,33,37)/t26-,27+/m1/s1. The Morgan fingerprint density at radius 2 is 1.89 bits per heavy atom. The molecule has 6 nitrogen and oxygen atoms in total. The topological polar surface area (TPSA) is 62.2 Å². The number of aromatic nitrogens is 2. The number of halogens is 2. The van der Waals surface area contributed by atoms with Crippen molar-refractivity contribution in [2.45, 2.75) is 25.4 Å². The number of amides is 1. The zero-order valence-corrected chi connectivity index (χ0v) is 22.4. The van der Waals surface area contributed by atoms with Crippen LogP contribution in [0.1, 0.15) is 35.5 Å². The average molecular weight is 551 g/mol. The molecule has 37 heavy (non-hydrogen) atoms. The number of carbonyl (C=O) groups is 1. The zero-order valence-electron chi connectivity index (χ0n) is 20.1. The number of hydrogen-bond donors (Lipinski definition) is 2. The number of rotatable bonds is 7. The van der Waals surface area contributed by atoms with Crippen molar-refractivity contribution >= 4 is 52.1 Å². The summed E-state index contributed by atoms with van der Waals surface area (Å²) in [5.41, 5.74) is 4.45. The summed E-state index contributed by atoms with van der Waals surface area (Å²) in [6.07, 6.45) is 4.00. The van der Waals surface area contributed by atoms with Crippen LogP contribution in [0.5, 0.6) is 0 Å². The molecule has 188 valence electrons. The number of aryl methyl sites for hydroxylation is 1. The summed E-state index contributed by atoms with van der Waals surface area (Å²) < 4.78 is 2.04. The van der Waals surface area contributed by atoms with E-state index in [1.165, 1.54) is 0 Å². The van der Waals surface area contributed by atoms with Gasteiger partial charge in [-0.2, -0.15) is 0 Å². The Hall–Kier alpha value is -3.39. The molecule has 1 saturated heterocycles. The number of nitrogens with one attached hydrogen (secondary N) is 2. The summed E-state index contributed by atoms with van der Waals surface area (Å²) in [4.78, 5) is 19.5. The van der Waals surface area contributed by atoms with E-state index in [9.17, 15) is 4.79 Å². The van der Waals surface area contributed by atoms with Crippen LogP contribution in [-0.4, -0.2) is 32.0 Å². The van der Waals surface area contributed by atoms with E-state index < -0.39 is 0 Å². The largest absolute Gasteiger partial charge is 0.352 e. The lowest BCUT2D eigenvalue weighted by Gasteiger charge is -2.29. The van der Waals surface area contributed by atoms with Gasteiger partial charge >= 0.3 is 0 Å². The van der Waals surface area contributed by atoms with Gasteiger partial charge in [-0.05, 0) is 73.2 Å². The minimum Gasteiger partial charge on any atom is -0.352 e. The van der Waals surface area contributed by atoms with Gasteiger partial charge in [0.1, 0.15) is 0 Å². The Morgan fingerprint density at radius 1 is 1.08 bits per heavy atom. The van der Waals surface area contributed by atoms with E-state index in [-0.39, 0.29) is 24.4 Å². The molecule has 2 aromatic carbocycles. The molecule has 1 amide bonds. The number of anilines is 1. The lowest BCUT2D eigenvalue weighted by molar-refractivity contribution is -0.116. The normalized spacial score (nSPS) is 17.1. The summed E-state index contributed by atoms with van der Waals surface area (Å²) >= 11 is 18.5. The van der Waals surface area contributed by atoms with Gasteiger partial charge in [-0.25, -0.2) is 0 Å². The van der Waals surface area contributed by atoms with Crippen LogP contribution in [0.4, 0.5) is 5.69 Å². The van der Waals surface area contributed by atoms with Crippen LogP contribution in [0.15, 0.2) is 85.2 Å². The molecule has 9 heteroatoms. The highest BCUT2D eigenvalue weighted by molar-refractivity contribution is 7.80. The maximum Gasteiger partial charge on any atom is 0.226 e. The van der Waals surface area contributed by atoms with Gasteiger partial charge in [0.05, 0.1) is 28.5 Å². The van der Waals surface area contributed by atoms with Gasteiger partial charge in [0.25, 0.3) is 0 Å². The molecule has 1 fully saturated rings. The van der Waals surface area contributed by atoms with Crippen molar-refractivity contribution in [2.24, 2.45) is 0 Å². The fourth-order valence-electron chi connectivity index (χ4n) is 4.65. The monoisotopic (exact) mass is 549 g/mol. The van der Waals surface area contributed by atoms with E-state index >= 15 is 0 Å². The van der Waals surface area contributed by atoms with Crippen molar-refractivity contribution in [3.05, 3.63) is 112 Å². The van der Waals surface area contributed by atoms with Gasteiger partial charge in [0.15, 0.2) is 5.11 Å². The van der Waals surface area contributed by atoms with E-state index in [4.69, 9.17) is 35.4 Å². The fraction of sp³-hybridized carbons (Fsp3) is 0.179. The summed E-state index contributed by atoms with van der Waals surface area (Å²) in [6.45, 7) is 2.40. The molecule has 0 radical (unpaired) electrons. The van der Waals surface area contributed by atoms with E-state index in [2.05, 4.69) is 20.5 Å². The predicted molar refractivity (Wildman–Crippen MR) is 152 cm³/mol. The molecule has 0 unspecified atom stereocenters. The van der Waals surface area contributed by atoms with Gasteiger partial charge in [-0.15, -0.1) is 0 Å². The number of nitrogens with zero attached hydrogens (tertiary/aromatic N) is 3. The summed E-state index contributed by atoms with van der Waals surface area (Å²) in [5, 5.41) is 8.13. The Balaban J connectivity index is 1.46. The lowest BCUT2D eigenvalue weighted by Crippen LogP contribution is -2.33. The molecule has 2 aromatic heterocycles. The van der Waals surface area contributed by atoms with Crippen LogP contribution in [0, 0.1) is 6.92 Å². The minimum atomic E-state index is -0.226. The maximum absolute atomic E-state index is 12.9. The molecule has 0 bridgehead atoms. The van der Waals surface area contributed by atoms with Crippen LogP contribution < -0.4 is 10.6 Å². The fourth-order valence-corrected chi connectivity index (χ4v) is 5.48. The number of thiocarbonyl (C=S) groups is 1. The third-order valence-electron chi connectivity index (χ3n) is 6.45. The summed E-state index contributed by atoms with van der Waals surface area (Å²) in [7, 11) is 0. The van der Waals surface area contributed by atoms with Crippen molar-refractivity contribution in [1.29, 1.82) is 0 Å². The van der Waals surface area contributed by atoms with E-state index in [0.717, 1.165) is 28.3 Å². The molecule has 1 aliphatic heterocycles. The van der Waals surface area contributed by atoms with Crippen LogP contribution in [-0.2, 0) is 4.79 Å². The Labute approximate surface area is 231 Å². The van der Waals surface area contributed by atoms with Crippen molar-refractivity contribution in [3.63, 3.8) is 0 Å². The van der Waals surface area contributed by atoms with Gasteiger partial charge in [-0.1, -0.05) is 47.5 Å². The highest BCUT2D eigenvalue weighted by Crippen LogP contribution is 2.40. The minimum absolute atomic E-state index is 0.0757. The Morgan fingerprint density at radius 3 is 2.65 bits per heavy atom. The SMILES string of the molecule is Cc1ccccc1NC(=O)CCN1C(=S)N[C@H](c2ccccn2)[C@@H]1c1cccn1-c1ccc(Cl)cc1Cl. The Kier molecular flexibility index (Phi) is 7.46. The molecule has 1 aliphatic rings. The van der Waals surface area contributed by atoms with E-state index in [0.29, 0.717) is 21.7 Å². The molecule has 3 heterocycles. The van der Waals surface area contributed by atoms with Crippen LogP contribution >= 0.6 is 35.4 Å². The second kappa shape index (κ2) is 10.9. The molecule has 0 spiro atoms. The second-order valence-corrected chi connectivity index (χ2v) is 10.1. The van der Waals surface area contributed by atoms with E-state index in [1.54, 1.807) is 12.3 Å². The molecular formula is C28H25Cl2N5OS. The molecule has 2 atom stereocenters. The number of benzene rings is 2. The average Bonchev–Trinajstić information content (AvgIpc) is 3.48. The highest BCUT2D eigenvalue weighted by Gasteiger charge is 2.41. The lowest BCUT2D eigenvalue weighted by atomic mass is 10.0. The smallest absolute Gasteiger partial charge is 0.226 e. The first kappa shape index (κ1) is 25.3. The Bertz CT molecular complexity index is 1440. The molecule has 4 aromatic rings. The first-order chi connectivity index (χ1) is 17.9. The second-order valence-electron chi connectivity index (χ2n) is 8.83. The van der Waals surface area contributed by atoms with Gasteiger partial charge in [0, 0.05) is 41.8 Å². The number of para-hydroxylation sites is 1. The molecule has 2 N–H and O–H groups in total. The number of hydrogen-bond acceptors (Lipinski definition) is 3. The predicted octanol–water partition coefficient (Wildman–Crippen LogP) is 6.49. The van der Waals surface area contributed by atoms with E-state index in [1.807, 2.05) is 84.4 Å². The highest BCUT2D eigenvalue weighted by atomic mass is 35.5. The quantitative estimate of drug-likeness (QED) is 0.258. The van der Waals surface area contributed by atoms with Gasteiger partial charge in [0.2, 0.25) is 5.91 Å². The van der Waals surface area contributed by atoms with Gasteiger partial charge in [-0.3, -0.25) is 9.78 Å². The van der Waals surface area contributed by atoms with Crippen LogP contribution in [0.2, 0.25) is 10.0 Å². The van der Waals surface area contributed by atoms with Gasteiger partial charge < -0.3 is 20.1 Å². The van der Waals surface area contributed by atoms with Crippen molar-refractivity contribution in [3.8, 4) is 5.69 Å². The molecule has 0 aliphatic carbocycles. The molecule has 0 saturated carbocycles. The van der Waals surface area contributed by atoms with Crippen LogP contribution in [0.25, 0.3) is 5.69 Å². The first-order valence-corrected chi connectivity index (χ1v) is 13.0. The zero-order chi connectivity index (χ0) is 25.9. The molecular weight excluding hydrogens is 525 g/mol. The summed E-state index contributed by atoms with van der Waals surface area (Å²) in [6, 6.07) is 22.6. The third-order valence-corrected chi connectivity index (χ3v) is 7.34. The van der Waals surface area contributed by atoms with Crippen molar-refractivity contribution in [1.82, 2.24) is 19.8 Å². The first-order valence-electron chi connectivity index (χ1n) is 11.9. The van der Waals surface area contributed by atoms with Crippen molar-refractivity contribution in [2.75, 3.05) is 11.9 Å². The molecule has 5 rings (SSSR count). The number of carbonyl (C=O) groups excluding carboxylic acids is 1.